The Morgan fingerprint density at radius 1 is 0.333 bits per heavy atom. The maximum atomic E-state index is 8.74. The van der Waals surface area contributed by atoms with Gasteiger partial charge in [0.25, 0.3) is 0 Å². The number of hydrogen-bond donors (Lipinski definition) is 8. The zero-order chi connectivity index (χ0) is 18.0. The van der Waals surface area contributed by atoms with Crippen LogP contribution in [0.25, 0.3) is 0 Å². The molecule has 0 aliphatic carbocycles. The normalized spacial score (nSPS) is 11.0. The summed E-state index contributed by atoms with van der Waals surface area (Å²) in [5.41, 5.74) is 0. The van der Waals surface area contributed by atoms with Gasteiger partial charge in [-0.2, -0.15) is 33.7 Å². The van der Waals surface area contributed by atoms with E-state index in [9.17, 15) is 0 Å². The van der Waals surface area contributed by atoms with Crippen molar-refractivity contribution < 1.29 is 89.6 Å². The minimum absolute atomic E-state index is 0. The molecule has 0 spiro atoms. The summed E-state index contributed by atoms with van der Waals surface area (Å²) in [5, 5.41) is 0. The van der Waals surface area contributed by atoms with Crippen LogP contribution in [0.4, 0.5) is 0 Å². The van der Waals surface area contributed by atoms with Crippen molar-refractivity contribution in [1.82, 2.24) is 0 Å². The van der Waals surface area contributed by atoms with Gasteiger partial charge in [-0.1, -0.05) is 0 Å². The van der Waals surface area contributed by atoms with E-state index in [0.29, 0.717) is 0 Å². The van der Waals surface area contributed by atoms with Gasteiger partial charge < -0.3 is 0 Å². The van der Waals surface area contributed by atoms with Crippen LogP contribution in [0.15, 0.2) is 0 Å². The molecule has 0 heterocycles. The van der Waals surface area contributed by atoms with Gasteiger partial charge >= 0.3 is 41.6 Å². The third-order valence-electron chi connectivity index (χ3n) is 0. The molecule has 0 aromatic rings. The Balaban J connectivity index is -0.0000000533. The standard InChI is InChI=1S/4H2O4S.Zn/c4*1-5(2,3)4;/h4*(H2,1,2,3,4);. The Morgan fingerprint density at radius 3 is 0.333 bits per heavy atom. The smallest absolute Gasteiger partial charge is 0.264 e. The molecule has 0 aliphatic rings. The van der Waals surface area contributed by atoms with Gasteiger partial charge in [0.15, 0.2) is 0 Å². The van der Waals surface area contributed by atoms with Crippen LogP contribution in [0, 0.1) is 0 Å². The van der Waals surface area contributed by atoms with Gasteiger partial charge in [-0.25, -0.2) is 0 Å². The molecule has 0 rings (SSSR count). The van der Waals surface area contributed by atoms with Gasteiger partial charge in [0.1, 0.15) is 0 Å². The summed E-state index contributed by atoms with van der Waals surface area (Å²) in [6, 6.07) is 0. The van der Waals surface area contributed by atoms with Crippen molar-refractivity contribution >= 4 is 41.6 Å². The Bertz CT molecular complexity index is 473. The van der Waals surface area contributed by atoms with Crippen molar-refractivity contribution in [2.75, 3.05) is 0 Å². The van der Waals surface area contributed by atoms with Gasteiger partial charge in [0.05, 0.1) is 0 Å². The van der Waals surface area contributed by atoms with E-state index in [1.807, 2.05) is 0 Å². The summed E-state index contributed by atoms with van der Waals surface area (Å²) in [4.78, 5) is 0. The third-order valence-corrected chi connectivity index (χ3v) is 0. The van der Waals surface area contributed by atoms with Gasteiger partial charge in [0, 0.05) is 19.5 Å². The molecule has 0 radical (unpaired) electrons. The van der Waals surface area contributed by atoms with E-state index in [4.69, 9.17) is 70.1 Å². The summed E-state index contributed by atoms with van der Waals surface area (Å²) >= 11 is 0. The van der Waals surface area contributed by atoms with Gasteiger partial charge in [-0.15, -0.1) is 0 Å². The number of hydrogen-bond acceptors (Lipinski definition) is 8. The minimum atomic E-state index is -4.67. The Hall–Kier alpha value is 0.103. The molecule has 21 heteroatoms. The fourth-order valence-corrected chi connectivity index (χ4v) is 0. The second-order valence-electron chi connectivity index (χ2n) is 1.79. The van der Waals surface area contributed by atoms with Gasteiger partial charge in [0.2, 0.25) is 0 Å². The second-order valence-corrected chi connectivity index (χ2v) is 5.37. The molecule has 0 aliphatic heterocycles. The first kappa shape index (κ1) is 32.9. The first-order valence-corrected chi connectivity index (χ1v) is 8.38. The van der Waals surface area contributed by atoms with E-state index >= 15 is 0 Å². The van der Waals surface area contributed by atoms with Crippen LogP contribution in [0.1, 0.15) is 0 Å². The van der Waals surface area contributed by atoms with E-state index in [2.05, 4.69) is 0 Å². The van der Waals surface area contributed by atoms with E-state index < -0.39 is 41.6 Å². The summed E-state index contributed by atoms with van der Waals surface area (Å²) in [5.74, 6) is 0. The minimum Gasteiger partial charge on any atom is -0.264 e. The third kappa shape index (κ3) is 617000. The van der Waals surface area contributed by atoms with E-state index in [0.717, 1.165) is 0 Å². The van der Waals surface area contributed by atoms with Crippen LogP contribution in [0.5, 0.6) is 0 Å². The van der Waals surface area contributed by atoms with Gasteiger partial charge in [-0.05, 0) is 0 Å². The zero-order valence-electron chi connectivity index (χ0n) is 9.18. The molecule has 8 N–H and O–H groups in total. The van der Waals surface area contributed by atoms with E-state index in [1.165, 1.54) is 0 Å². The molecular formula is H8O16S4Zn. The molecule has 0 aromatic carbocycles. The molecule has 21 heavy (non-hydrogen) atoms. The van der Waals surface area contributed by atoms with Crippen LogP contribution in [-0.2, 0) is 61.1 Å². The fraction of sp³-hybridized carbons (Fsp3) is 0. The maximum absolute atomic E-state index is 8.74. The maximum Gasteiger partial charge on any atom is 0.394 e. The average molecular weight is 458 g/mol. The molecule has 0 saturated heterocycles. The van der Waals surface area contributed by atoms with Crippen molar-refractivity contribution in [2.24, 2.45) is 0 Å². The Labute approximate surface area is 131 Å². The zero-order valence-corrected chi connectivity index (χ0v) is 15.4. The van der Waals surface area contributed by atoms with Crippen LogP contribution in [0.3, 0.4) is 0 Å². The predicted octanol–water partition coefficient (Wildman–Crippen LogP) is -2.61. The molecule has 0 amide bonds. The summed E-state index contributed by atoms with van der Waals surface area (Å²) in [7, 11) is -18.7. The largest absolute Gasteiger partial charge is 0.394 e. The first-order valence-electron chi connectivity index (χ1n) is 2.79. The summed E-state index contributed by atoms with van der Waals surface area (Å²) < 4.78 is 126. The molecule has 16 nitrogen and oxygen atoms in total. The van der Waals surface area contributed by atoms with Gasteiger partial charge in [-0.3, -0.25) is 36.4 Å². The average Bonchev–Trinajstić information content (AvgIpc) is 1.62. The Morgan fingerprint density at radius 2 is 0.333 bits per heavy atom. The molecule has 0 unspecified atom stereocenters. The molecule has 0 saturated carbocycles. The number of rotatable bonds is 0. The van der Waals surface area contributed by atoms with Crippen molar-refractivity contribution in [3.05, 3.63) is 0 Å². The van der Waals surface area contributed by atoms with Crippen LogP contribution in [-0.4, -0.2) is 70.1 Å². The molecular weight excluding hydrogens is 450 g/mol. The van der Waals surface area contributed by atoms with Crippen molar-refractivity contribution in [1.29, 1.82) is 0 Å². The molecule has 0 bridgehead atoms. The quantitative estimate of drug-likeness (QED) is 0.136. The van der Waals surface area contributed by atoms with Crippen molar-refractivity contribution in [3.8, 4) is 0 Å². The van der Waals surface area contributed by atoms with Crippen molar-refractivity contribution in [2.45, 2.75) is 0 Å². The first-order chi connectivity index (χ1) is 8.00. The van der Waals surface area contributed by atoms with Crippen LogP contribution >= 0.6 is 0 Å². The summed E-state index contributed by atoms with van der Waals surface area (Å²) in [6.45, 7) is 0. The van der Waals surface area contributed by atoms with E-state index in [-0.39, 0.29) is 19.5 Å². The molecule has 0 aromatic heterocycles. The summed E-state index contributed by atoms with van der Waals surface area (Å²) in [6.07, 6.45) is 0. The Kier molecular flexibility index (Phi) is 19.8. The monoisotopic (exact) mass is 456 g/mol. The fourth-order valence-electron chi connectivity index (χ4n) is 0. The predicted molar refractivity (Wildman–Crippen MR) is 56.7 cm³/mol. The molecule has 130 valence electrons. The molecule has 0 fully saturated rings. The van der Waals surface area contributed by atoms with Crippen LogP contribution < -0.4 is 0 Å². The van der Waals surface area contributed by atoms with Crippen LogP contribution in [0.2, 0.25) is 0 Å². The van der Waals surface area contributed by atoms with Crippen molar-refractivity contribution in [3.63, 3.8) is 0 Å². The second kappa shape index (κ2) is 12.6. The topological polar surface area (TPSA) is 298 Å². The SMILES string of the molecule is O=S(=O)(O)O.O=S(=O)(O)O.O=S(=O)(O)O.O=S(=O)(O)O.[Zn]. The molecule has 0 atom stereocenters. The van der Waals surface area contributed by atoms with E-state index in [1.54, 1.807) is 0 Å².